The average molecular weight is 218 g/mol. The van der Waals surface area contributed by atoms with Gasteiger partial charge in [0.25, 0.3) is 0 Å². The van der Waals surface area contributed by atoms with Crippen molar-refractivity contribution in [2.75, 3.05) is 0 Å². The van der Waals surface area contributed by atoms with Crippen LogP contribution in [0.25, 0.3) is 0 Å². The second-order valence-corrected chi connectivity index (χ2v) is 4.38. The maximum Gasteiger partial charge on any atom is 0.308 e. The van der Waals surface area contributed by atoms with E-state index >= 15 is 0 Å². The highest BCUT2D eigenvalue weighted by Gasteiger charge is 2.20. The number of aliphatic hydroxyl groups is 2. The second-order valence-electron chi connectivity index (χ2n) is 4.38. The van der Waals surface area contributed by atoms with Crippen LogP contribution in [0.1, 0.15) is 33.6 Å². The SMILES string of the molecule is CC(C)(C)OC(=O)C[C@H](O)C[C@H](O)C=O. The Morgan fingerprint density at radius 2 is 1.93 bits per heavy atom. The summed E-state index contributed by atoms with van der Waals surface area (Å²) in [6, 6.07) is 0. The molecule has 0 saturated carbocycles. The lowest BCUT2D eigenvalue weighted by atomic mass is 10.1. The monoisotopic (exact) mass is 218 g/mol. The number of carbonyl (C=O) groups is 2. The van der Waals surface area contributed by atoms with Crippen LogP contribution in [0, 0.1) is 0 Å². The normalized spacial score (nSPS) is 15.5. The molecular weight excluding hydrogens is 200 g/mol. The van der Waals surface area contributed by atoms with Crippen molar-refractivity contribution in [1.29, 1.82) is 0 Å². The van der Waals surface area contributed by atoms with Crippen LogP contribution in [-0.2, 0) is 14.3 Å². The number of aldehydes is 1. The number of hydrogen-bond acceptors (Lipinski definition) is 5. The molecule has 0 aromatic rings. The maximum atomic E-state index is 11.2. The Morgan fingerprint density at radius 3 is 2.33 bits per heavy atom. The lowest BCUT2D eigenvalue weighted by Crippen LogP contribution is -2.28. The molecular formula is C10H18O5. The molecule has 0 aromatic heterocycles. The van der Waals surface area contributed by atoms with E-state index < -0.39 is 23.8 Å². The van der Waals surface area contributed by atoms with Gasteiger partial charge in [-0.15, -0.1) is 0 Å². The highest BCUT2D eigenvalue weighted by Crippen LogP contribution is 2.10. The van der Waals surface area contributed by atoms with Gasteiger partial charge in [-0.3, -0.25) is 4.79 Å². The van der Waals surface area contributed by atoms with Gasteiger partial charge in [0, 0.05) is 6.42 Å². The van der Waals surface area contributed by atoms with Gasteiger partial charge in [0.05, 0.1) is 12.5 Å². The van der Waals surface area contributed by atoms with E-state index in [1.807, 2.05) is 0 Å². The molecule has 0 aromatic carbocycles. The Balaban J connectivity index is 3.91. The molecule has 0 spiro atoms. The maximum absolute atomic E-state index is 11.2. The zero-order valence-electron chi connectivity index (χ0n) is 9.27. The first kappa shape index (κ1) is 14.1. The molecule has 0 amide bonds. The van der Waals surface area contributed by atoms with E-state index in [4.69, 9.17) is 9.84 Å². The molecule has 0 rings (SSSR count). The Kier molecular flexibility index (Phi) is 5.46. The molecule has 88 valence electrons. The van der Waals surface area contributed by atoms with Gasteiger partial charge < -0.3 is 19.7 Å². The van der Waals surface area contributed by atoms with Crippen molar-refractivity contribution in [2.24, 2.45) is 0 Å². The van der Waals surface area contributed by atoms with E-state index in [9.17, 15) is 14.7 Å². The lowest BCUT2D eigenvalue weighted by Gasteiger charge is -2.20. The largest absolute Gasteiger partial charge is 0.460 e. The minimum absolute atomic E-state index is 0.150. The van der Waals surface area contributed by atoms with E-state index in [-0.39, 0.29) is 12.8 Å². The topological polar surface area (TPSA) is 83.8 Å². The van der Waals surface area contributed by atoms with Crippen LogP contribution in [0.2, 0.25) is 0 Å². The van der Waals surface area contributed by atoms with Crippen LogP contribution >= 0.6 is 0 Å². The zero-order chi connectivity index (χ0) is 12.1. The number of carbonyl (C=O) groups excluding carboxylic acids is 2. The molecule has 0 saturated heterocycles. The summed E-state index contributed by atoms with van der Waals surface area (Å²) in [5.74, 6) is -0.548. The van der Waals surface area contributed by atoms with Gasteiger partial charge in [-0.05, 0) is 20.8 Å². The molecule has 0 radical (unpaired) electrons. The summed E-state index contributed by atoms with van der Waals surface area (Å²) in [6.45, 7) is 5.16. The Hall–Kier alpha value is -0.940. The number of ether oxygens (including phenoxy) is 1. The minimum atomic E-state index is -1.23. The van der Waals surface area contributed by atoms with Gasteiger partial charge in [-0.2, -0.15) is 0 Å². The lowest BCUT2D eigenvalue weighted by molar-refractivity contribution is -0.157. The molecule has 0 aliphatic heterocycles. The van der Waals surface area contributed by atoms with Gasteiger partial charge >= 0.3 is 5.97 Å². The first-order valence-electron chi connectivity index (χ1n) is 4.78. The van der Waals surface area contributed by atoms with E-state index in [0.717, 1.165) is 0 Å². The van der Waals surface area contributed by atoms with Crippen LogP contribution in [0.5, 0.6) is 0 Å². The van der Waals surface area contributed by atoms with Crippen LogP contribution in [0.15, 0.2) is 0 Å². The van der Waals surface area contributed by atoms with Crippen molar-refractivity contribution >= 4 is 12.3 Å². The Labute approximate surface area is 89.0 Å². The molecule has 0 aliphatic carbocycles. The fraction of sp³-hybridized carbons (Fsp3) is 0.800. The average Bonchev–Trinajstić information content (AvgIpc) is 1.99. The smallest absolute Gasteiger partial charge is 0.308 e. The van der Waals surface area contributed by atoms with Crippen LogP contribution in [0.4, 0.5) is 0 Å². The summed E-state index contributed by atoms with van der Waals surface area (Å²) in [6.07, 6.45) is -2.34. The summed E-state index contributed by atoms with van der Waals surface area (Å²) in [5.41, 5.74) is -0.597. The third-order valence-corrected chi connectivity index (χ3v) is 1.49. The van der Waals surface area contributed by atoms with Crippen LogP contribution < -0.4 is 0 Å². The molecule has 2 N–H and O–H groups in total. The molecule has 0 fully saturated rings. The van der Waals surface area contributed by atoms with Crippen molar-refractivity contribution in [3.8, 4) is 0 Å². The standard InChI is InChI=1S/C10H18O5/c1-10(2,3)15-9(14)5-7(12)4-8(13)6-11/h6-8,12-13H,4-5H2,1-3H3/t7-,8+/m1/s1. The molecule has 5 nitrogen and oxygen atoms in total. The van der Waals surface area contributed by atoms with E-state index in [2.05, 4.69) is 0 Å². The quantitative estimate of drug-likeness (QED) is 0.502. The summed E-state index contributed by atoms with van der Waals surface area (Å²) >= 11 is 0. The van der Waals surface area contributed by atoms with Gasteiger partial charge in [-0.1, -0.05) is 0 Å². The molecule has 2 atom stereocenters. The van der Waals surface area contributed by atoms with Gasteiger partial charge in [0.1, 0.15) is 18.0 Å². The van der Waals surface area contributed by atoms with Crippen molar-refractivity contribution < 1.29 is 24.5 Å². The molecule has 15 heavy (non-hydrogen) atoms. The minimum Gasteiger partial charge on any atom is -0.460 e. The highest BCUT2D eigenvalue weighted by molar-refractivity contribution is 5.70. The van der Waals surface area contributed by atoms with Crippen molar-refractivity contribution in [3.63, 3.8) is 0 Å². The third-order valence-electron chi connectivity index (χ3n) is 1.49. The summed E-state index contributed by atoms with van der Waals surface area (Å²) in [7, 11) is 0. The van der Waals surface area contributed by atoms with Crippen LogP contribution in [0.3, 0.4) is 0 Å². The molecule has 0 unspecified atom stereocenters. The fourth-order valence-corrected chi connectivity index (χ4v) is 0.993. The third kappa shape index (κ3) is 8.08. The Morgan fingerprint density at radius 1 is 1.40 bits per heavy atom. The fourth-order valence-electron chi connectivity index (χ4n) is 0.993. The van der Waals surface area contributed by atoms with E-state index in [1.54, 1.807) is 20.8 Å². The highest BCUT2D eigenvalue weighted by atomic mass is 16.6. The summed E-state index contributed by atoms with van der Waals surface area (Å²) in [4.78, 5) is 21.3. The van der Waals surface area contributed by atoms with Gasteiger partial charge in [0.15, 0.2) is 0 Å². The molecule has 0 heterocycles. The number of aliphatic hydroxyl groups excluding tert-OH is 2. The predicted molar refractivity (Wildman–Crippen MR) is 53.2 cm³/mol. The second kappa shape index (κ2) is 5.82. The van der Waals surface area contributed by atoms with E-state index in [0.29, 0.717) is 6.29 Å². The molecule has 0 aliphatic rings. The summed E-state index contributed by atoms with van der Waals surface area (Å²) < 4.78 is 4.95. The first-order valence-corrected chi connectivity index (χ1v) is 4.78. The predicted octanol–water partition coefficient (Wildman–Crippen LogP) is 0.0290. The molecule has 0 bridgehead atoms. The zero-order valence-corrected chi connectivity index (χ0v) is 9.27. The van der Waals surface area contributed by atoms with Crippen molar-refractivity contribution in [1.82, 2.24) is 0 Å². The number of hydrogen-bond donors (Lipinski definition) is 2. The number of esters is 1. The Bertz CT molecular complexity index is 218. The van der Waals surface area contributed by atoms with Gasteiger partial charge in [0.2, 0.25) is 0 Å². The van der Waals surface area contributed by atoms with Crippen molar-refractivity contribution in [2.45, 2.75) is 51.4 Å². The van der Waals surface area contributed by atoms with Crippen LogP contribution in [-0.4, -0.2) is 40.3 Å². The van der Waals surface area contributed by atoms with E-state index in [1.165, 1.54) is 0 Å². The summed E-state index contributed by atoms with van der Waals surface area (Å²) in [5, 5.41) is 18.2. The number of rotatable bonds is 5. The first-order chi connectivity index (χ1) is 6.74. The molecule has 5 heteroatoms. The van der Waals surface area contributed by atoms with Gasteiger partial charge in [-0.25, -0.2) is 0 Å². The van der Waals surface area contributed by atoms with Crippen molar-refractivity contribution in [3.05, 3.63) is 0 Å².